The number of hydrogen-bond acceptors (Lipinski definition) is 2. The average Bonchev–Trinajstić information content (AvgIpc) is 2.11. The SMILES string of the molecule is Nc1nn(C(F)(F)F)cc1Br. The predicted octanol–water partition coefficient (Wildman–Crippen LogP) is 1.70. The first kappa shape index (κ1) is 8.38. The molecule has 0 aromatic carbocycles. The number of alkyl halides is 3. The zero-order chi connectivity index (χ0) is 8.65. The highest BCUT2D eigenvalue weighted by atomic mass is 79.9. The van der Waals surface area contributed by atoms with Crippen LogP contribution in [0.4, 0.5) is 19.0 Å². The number of aromatic nitrogens is 2. The fourth-order valence-corrected chi connectivity index (χ4v) is 0.769. The van der Waals surface area contributed by atoms with Crippen LogP contribution in [0, 0.1) is 0 Å². The molecule has 1 aromatic rings. The molecule has 0 radical (unpaired) electrons. The van der Waals surface area contributed by atoms with Crippen molar-refractivity contribution in [1.82, 2.24) is 9.78 Å². The van der Waals surface area contributed by atoms with E-state index in [2.05, 4.69) is 21.0 Å². The maximum absolute atomic E-state index is 11.8. The van der Waals surface area contributed by atoms with Gasteiger partial charge in [0.1, 0.15) is 0 Å². The first-order chi connectivity index (χ1) is 4.91. The van der Waals surface area contributed by atoms with Crippen LogP contribution < -0.4 is 5.73 Å². The molecule has 62 valence electrons. The van der Waals surface area contributed by atoms with E-state index in [-0.39, 0.29) is 15.0 Å². The molecule has 0 atom stereocenters. The van der Waals surface area contributed by atoms with Gasteiger partial charge < -0.3 is 5.73 Å². The Morgan fingerprint density at radius 3 is 2.27 bits per heavy atom. The van der Waals surface area contributed by atoms with Crippen LogP contribution in [-0.4, -0.2) is 9.78 Å². The Morgan fingerprint density at radius 2 is 2.09 bits per heavy atom. The van der Waals surface area contributed by atoms with Crippen LogP contribution in [0.1, 0.15) is 0 Å². The number of nitrogens with two attached hydrogens (primary N) is 1. The summed E-state index contributed by atoms with van der Waals surface area (Å²) in [5, 5.41) is 3.00. The molecule has 0 saturated carbocycles. The van der Waals surface area contributed by atoms with Gasteiger partial charge in [0, 0.05) is 0 Å². The Bertz CT molecular complexity index is 247. The van der Waals surface area contributed by atoms with Gasteiger partial charge in [-0.25, -0.2) is 0 Å². The molecule has 1 aromatic heterocycles. The van der Waals surface area contributed by atoms with Crippen LogP contribution in [0.5, 0.6) is 0 Å². The monoisotopic (exact) mass is 229 g/mol. The molecule has 2 N–H and O–H groups in total. The summed E-state index contributed by atoms with van der Waals surface area (Å²) in [6, 6.07) is 0. The topological polar surface area (TPSA) is 43.8 Å². The van der Waals surface area contributed by atoms with Crippen molar-refractivity contribution in [2.45, 2.75) is 6.30 Å². The van der Waals surface area contributed by atoms with Gasteiger partial charge in [0.25, 0.3) is 0 Å². The lowest BCUT2D eigenvalue weighted by atomic mass is 10.7. The fourth-order valence-electron chi connectivity index (χ4n) is 0.496. The highest BCUT2D eigenvalue weighted by Crippen LogP contribution is 2.25. The minimum absolute atomic E-state index is 0.134. The van der Waals surface area contributed by atoms with Crippen LogP contribution in [0.15, 0.2) is 10.7 Å². The zero-order valence-corrected chi connectivity index (χ0v) is 6.65. The van der Waals surface area contributed by atoms with Crippen LogP contribution >= 0.6 is 15.9 Å². The number of anilines is 1. The maximum atomic E-state index is 11.8. The summed E-state index contributed by atoms with van der Waals surface area (Å²) < 4.78 is 35.4. The van der Waals surface area contributed by atoms with Gasteiger partial charge in [-0.05, 0) is 15.9 Å². The molecule has 0 aliphatic carbocycles. The molecule has 11 heavy (non-hydrogen) atoms. The first-order valence-electron chi connectivity index (χ1n) is 2.49. The molecule has 0 aliphatic heterocycles. The van der Waals surface area contributed by atoms with Crippen LogP contribution in [-0.2, 0) is 6.30 Å². The van der Waals surface area contributed by atoms with Gasteiger partial charge in [0.05, 0.1) is 10.7 Å². The van der Waals surface area contributed by atoms with Crippen molar-refractivity contribution in [3.05, 3.63) is 10.7 Å². The first-order valence-corrected chi connectivity index (χ1v) is 3.28. The van der Waals surface area contributed by atoms with Crippen LogP contribution in [0.25, 0.3) is 0 Å². The summed E-state index contributed by atoms with van der Waals surface area (Å²) in [6.45, 7) is 0. The van der Waals surface area contributed by atoms with Crippen molar-refractivity contribution in [3.63, 3.8) is 0 Å². The Morgan fingerprint density at radius 1 is 1.55 bits per heavy atom. The summed E-state index contributed by atoms with van der Waals surface area (Å²) >= 11 is 2.80. The highest BCUT2D eigenvalue weighted by Gasteiger charge is 2.32. The summed E-state index contributed by atoms with van der Waals surface area (Å²) in [5.41, 5.74) is 5.06. The molecule has 7 heteroatoms. The van der Waals surface area contributed by atoms with Crippen molar-refractivity contribution in [1.29, 1.82) is 0 Å². The van der Waals surface area contributed by atoms with Crippen molar-refractivity contribution in [2.24, 2.45) is 0 Å². The third-order valence-corrected chi connectivity index (χ3v) is 1.57. The Hall–Kier alpha value is -0.720. The molecule has 3 nitrogen and oxygen atoms in total. The zero-order valence-electron chi connectivity index (χ0n) is 5.06. The van der Waals surface area contributed by atoms with E-state index in [4.69, 9.17) is 5.73 Å². The van der Waals surface area contributed by atoms with Crippen LogP contribution in [0.2, 0.25) is 0 Å². The van der Waals surface area contributed by atoms with Gasteiger partial charge in [-0.3, -0.25) is 0 Å². The van der Waals surface area contributed by atoms with E-state index in [1.165, 1.54) is 0 Å². The van der Waals surface area contributed by atoms with E-state index in [0.29, 0.717) is 0 Å². The molecule has 1 heterocycles. The van der Waals surface area contributed by atoms with Crippen LogP contribution in [0.3, 0.4) is 0 Å². The Kier molecular flexibility index (Phi) is 1.83. The van der Waals surface area contributed by atoms with E-state index < -0.39 is 6.30 Å². The van der Waals surface area contributed by atoms with E-state index >= 15 is 0 Å². The van der Waals surface area contributed by atoms with Gasteiger partial charge >= 0.3 is 6.30 Å². The summed E-state index contributed by atoms with van der Waals surface area (Å²) in [5.74, 6) is -0.178. The quantitative estimate of drug-likeness (QED) is 0.737. The van der Waals surface area contributed by atoms with Crippen molar-refractivity contribution >= 4 is 21.7 Å². The minimum Gasteiger partial charge on any atom is -0.381 e. The third kappa shape index (κ3) is 1.65. The van der Waals surface area contributed by atoms with E-state index in [1.807, 2.05) is 0 Å². The Labute approximate surface area is 68.1 Å². The molecule has 0 saturated heterocycles. The number of hydrogen-bond donors (Lipinski definition) is 1. The number of rotatable bonds is 0. The molecule has 0 amide bonds. The lowest BCUT2D eigenvalue weighted by Crippen LogP contribution is -2.17. The van der Waals surface area contributed by atoms with Gasteiger partial charge in [-0.15, -0.1) is 18.3 Å². The average molecular weight is 230 g/mol. The molecule has 0 aliphatic rings. The smallest absolute Gasteiger partial charge is 0.381 e. The normalized spacial score (nSPS) is 12.0. The second-order valence-electron chi connectivity index (χ2n) is 1.77. The minimum atomic E-state index is -4.50. The molecule has 1 rings (SSSR count). The molecular formula is C4H3BrF3N3. The number of nitrogens with zero attached hydrogens (tertiary/aromatic N) is 2. The Balaban J connectivity index is 3.08. The van der Waals surface area contributed by atoms with Crippen molar-refractivity contribution in [3.8, 4) is 0 Å². The van der Waals surface area contributed by atoms with Gasteiger partial charge in [0.2, 0.25) is 0 Å². The van der Waals surface area contributed by atoms with Crippen molar-refractivity contribution < 1.29 is 13.2 Å². The largest absolute Gasteiger partial charge is 0.504 e. The standard InChI is InChI=1S/C4H3BrF3N3/c5-2-1-11(4(6,7)8)10-3(2)9/h1H,(H2,9,10). The molecule has 0 unspecified atom stereocenters. The second-order valence-corrected chi connectivity index (χ2v) is 2.63. The van der Waals surface area contributed by atoms with Crippen molar-refractivity contribution in [2.75, 3.05) is 5.73 Å². The van der Waals surface area contributed by atoms with E-state index in [1.54, 1.807) is 0 Å². The summed E-state index contributed by atoms with van der Waals surface area (Å²) in [4.78, 5) is 0. The predicted molar refractivity (Wildman–Crippen MR) is 35.6 cm³/mol. The molecule has 0 fully saturated rings. The van der Waals surface area contributed by atoms with Gasteiger partial charge in [-0.2, -0.15) is 4.68 Å². The lowest BCUT2D eigenvalue weighted by Gasteiger charge is -2.03. The molecule has 0 spiro atoms. The number of halogens is 4. The maximum Gasteiger partial charge on any atom is 0.504 e. The lowest BCUT2D eigenvalue weighted by molar-refractivity contribution is -0.212. The van der Waals surface area contributed by atoms with E-state index in [9.17, 15) is 13.2 Å². The van der Waals surface area contributed by atoms with Gasteiger partial charge in [-0.1, -0.05) is 0 Å². The van der Waals surface area contributed by atoms with Gasteiger partial charge in [0.15, 0.2) is 5.82 Å². The van der Waals surface area contributed by atoms with E-state index in [0.717, 1.165) is 6.20 Å². The summed E-state index contributed by atoms with van der Waals surface area (Å²) in [7, 11) is 0. The molecule has 0 bridgehead atoms. The summed E-state index contributed by atoms with van der Waals surface area (Å²) in [6.07, 6.45) is -3.74. The fraction of sp³-hybridized carbons (Fsp3) is 0.250. The third-order valence-electron chi connectivity index (χ3n) is 0.956. The number of nitrogen functional groups attached to an aromatic ring is 1. The molecular weight excluding hydrogens is 227 g/mol. The highest BCUT2D eigenvalue weighted by molar-refractivity contribution is 9.10. The second kappa shape index (κ2) is 2.40.